The number of carbonyl (C=O) groups excluding carboxylic acids is 2. The van der Waals surface area contributed by atoms with Gasteiger partial charge in [-0.1, -0.05) is 40.3 Å². The molecule has 4 nitrogen and oxygen atoms in total. The molecule has 0 spiro atoms. The lowest BCUT2D eigenvalue weighted by atomic mass is 10.2. The molecular weight excluding hydrogens is 362 g/mol. The third kappa shape index (κ3) is 3.47. The van der Waals surface area contributed by atoms with Crippen LogP contribution in [0.1, 0.15) is 5.56 Å². The first-order valence-corrected chi connectivity index (χ1v) is 7.61. The molecule has 0 aliphatic carbocycles. The second-order valence-electron chi connectivity index (χ2n) is 3.90. The van der Waals surface area contributed by atoms with Gasteiger partial charge in [-0.3, -0.25) is 14.5 Å². The third-order valence-corrected chi connectivity index (χ3v) is 4.52. The minimum Gasteiger partial charge on any atom is -0.468 e. The molecule has 0 atom stereocenters. The van der Waals surface area contributed by atoms with E-state index < -0.39 is 5.97 Å². The van der Waals surface area contributed by atoms with Crippen molar-refractivity contribution in [3.05, 3.63) is 39.2 Å². The van der Waals surface area contributed by atoms with Crippen LogP contribution in [0.25, 0.3) is 6.08 Å². The zero-order valence-corrected chi connectivity index (χ0v) is 13.7. The van der Waals surface area contributed by atoms with Crippen molar-refractivity contribution >= 4 is 62.2 Å². The van der Waals surface area contributed by atoms with Gasteiger partial charge in [-0.25, -0.2) is 0 Å². The van der Waals surface area contributed by atoms with Crippen molar-refractivity contribution < 1.29 is 14.3 Å². The lowest BCUT2D eigenvalue weighted by molar-refractivity contribution is -0.140. The van der Waals surface area contributed by atoms with Crippen LogP contribution in [0.4, 0.5) is 4.79 Å². The van der Waals surface area contributed by atoms with Crippen molar-refractivity contribution in [3.8, 4) is 0 Å². The smallest absolute Gasteiger partial charge is 0.325 e. The Morgan fingerprint density at radius 2 is 2.30 bits per heavy atom. The summed E-state index contributed by atoms with van der Waals surface area (Å²) in [5, 5.41) is -0.262. The molecule has 2 rings (SSSR count). The van der Waals surface area contributed by atoms with E-state index in [2.05, 4.69) is 20.7 Å². The van der Waals surface area contributed by atoms with E-state index in [0.29, 0.717) is 9.89 Å². The first-order valence-electron chi connectivity index (χ1n) is 5.59. The third-order valence-electron chi connectivity index (χ3n) is 2.53. The standard InChI is InChI=1S/C13H10BrNO3S2/c1-18-11(16)7-15-12(19)10(20-13(15)17)6-8-3-2-4-9(14)5-8/h2-6H,7H2,1H3. The number of benzene rings is 1. The first-order chi connectivity index (χ1) is 9.51. The molecule has 1 aromatic rings. The average Bonchev–Trinajstić information content (AvgIpc) is 2.66. The molecule has 1 aliphatic rings. The predicted molar refractivity (Wildman–Crippen MR) is 86.4 cm³/mol. The number of hydrogen-bond donors (Lipinski definition) is 0. The number of rotatable bonds is 3. The lowest BCUT2D eigenvalue weighted by Crippen LogP contribution is -2.33. The number of ether oxygens (including phenoxy) is 1. The molecule has 1 aliphatic heterocycles. The van der Waals surface area contributed by atoms with E-state index in [9.17, 15) is 9.59 Å². The molecule has 0 aromatic heterocycles. The SMILES string of the molecule is COC(=O)CN1C(=O)SC(=Cc2cccc(Br)c2)C1=S. The lowest BCUT2D eigenvalue weighted by Gasteiger charge is -2.12. The zero-order valence-electron chi connectivity index (χ0n) is 10.5. The van der Waals surface area contributed by atoms with Gasteiger partial charge in [-0.05, 0) is 35.5 Å². The Labute approximate surface area is 134 Å². The molecule has 1 saturated heterocycles. The minimum atomic E-state index is -0.495. The van der Waals surface area contributed by atoms with Gasteiger partial charge in [-0.2, -0.15) is 0 Å². The van der Waals surface area contributed by atoms with Crippen LogP contribution in [0.2, 0.25) is 0 Å². The summed E-state index contributed by atoms with van der Waals surface area (Å²) >= 11 is 9.64. The second kappa shape index (κ2) is 6.51. The molecule has 0 bridgehead atoms. The van der Waals surface area contributed by atoms with Gasteiger partial charge >= 0.3 is 5.97 Å². The van der Waals surface area contributed by atoms with Gasteiger partial charge in [0.2, 0.25) is 0 Å². The van der Waals surface area contributed by atoms with Crippen molar-refractivity contribution in [1.82, 2.24) is 4.90 Å². The highest BCUT2D eigenvalue weighted by Gasteiger charge is 2.33. The summed E-state index contributed by atoms with van der Waals surface area (Å²) in [6.07, 6.45) is 1.83. The van der Waals surface area contributed by atoms with E-state index in [4.69, 9.17) is 12.2 Å². The molecule has 0 N–H and O–H groups in total. The van der Waals surface area contributed by atoms with Gasteiger partial charge in [0.05, 0.1) is 12.0 Å². The van der Waals surface area contributed by atoms with Crippen molar-refractivity contribution in [3.63, 3.8) is 0 Å². The number of amides is 1. The average molecular weight is 372 g/mol. The molecule has 20 heavy (non-hydrogen) atoms. The quantitative estimate of drug-likeness (QED) is 0.462. The van der Waals surface area contributed by atoms with Crippen molar-refractivity contribution in [2.75, 3.05) is 13.7 Å². The molecular formula is C13H10BrNO3S2. The molecule has 104 valence electrons. The number of carbonyl (C=O) groups is 2. The number of thiocarbonyl (C=S) groups is 1. The van der Waals surface area contributed by atoms with Crippen molar-refractivity contribution in [2.45, 2.75) is 0 Å². The monoisotopic (exact) mass is 371 g/mol. The molecule has 0 saturated carbocycles. The number of esters is 1. The van der Waals surface area contributed by atoms with E-state index in [0.717, 1.165) is 21.8 Å². The van der Waals surface area contributed by atoms with E-state index in [1.807, 2.05) is 30.3 Å². The van der Waals surface area contributed by atoms with Gasteiger partial charge in [0.25, 0.3) is 5.24 Å². The Kier molecular flexibility index (Phi) is 4.95. The van der Waals surface area contributed by atoms with Crippen LogP contribution in [0.3, 0.4) is 0 Å². The summed E-state index contributed by atoms with van der Waals surface area (Å²) in [5.41, 5.74) is 0.928. The number of thioether (sulfide) groups is 1. The molecule has 0 radical (unpaired) electrons. The highest BCUT2D eigenvalue weighted by Crippen LogP contribution is 2.33. The topological polar surface area (TPSA) is 46.6 Å². The molecule has 1 amide bonds. The van der Waals surface area contributed by atoms with Crippen LogP contribution in [-0.4, -0.2) is 34.8 Å². The fraction of sp³-hybridized carbons (Fsp3) is 0.154. The van der Waals surface area contributed by atoms with Crippen LogP contribution < -0.4 is 0 Å². The van der Waals surface area contributed by atoms with Crippen LogP contribution in [0.5, 0.6) is 0 Å². The van der Waals surface area contributed by atoms with Gasteiger partial charge in [-0.15, -0.1) is 0 Å². The molecule has 1 fully saturated rings. The minimum absolute atomic E-state index is 0.156. The summed E-state index contributed by atoms with van der Waals surface area (Å²) in [5.74, 6) is -0.495. The molecule has 1 aromatic carbocycles. The maximum absolute atomic E-state index is 11.8. The Bertz CT molecular complexity index is 615. The van der Waals surface area contributed by atoms with Crippen molar-refractivity contribution in [1.29, 1.82) is 0 Å². The fourth-order valence-corrected chi connectivity index (χ4v) is 3.23. The largest absolute Gasteiger partial charge is 0.468 e. The number of nitrogens with zero attached hydrogens (tertiary/aromatic N) is 1. The van der Waals surface area contributed by atoms with Gasteiger partial charge in [0, 0.05) is 4.47 Å². The summed E-state index contributed by atoms with van der Waals surface area (Å²) in [6, 6.07) is 7.64. The van der Waals surface area contributed by atoms with E-state index >= 15 is 0 Å². The number of methoxy groups -OCH3 is 1. The molecule has 7 heteroatoms. The Morgan fingerprint density at radius 1 is 1.55 bits per heavy atom. The van der Waals surface area contributed by atoms with Gasteiger partial charge in [0.1, 0.15) is 11.5 Å². The van der Waals surface area contributed by atoms with Gasteiger partial charge in [0.15, 0.2) is 0 Å². The van der Waals surface area contributed by atoms with E-state index in [1.165, 1.54) is 12.0 Å². The Balaban J connectivity index is 2.21. The summed E-state index contributed by atoms with van der Waals surface area (Å²) < 4.78 is 5.49. The maximum atomic E-state index is 11.8. The molecule has 0 unspecified atom stereocenters. The van der Waals surface area contributed by atoms with Crippen LogP contribution in [-0.2, 0) is 9.53 Å². The normalized spacial score (nSPS) is 16.9. The van der Waals surface area contributed by atoms with Gasteiger partial charge < -0.3 is 4.74 Å². The highest BCUT2D eigenvalue weighted by atomic mass is 79.9. The van der Waals surface area contributed by atoms with E-state index in [-0.39, 0.29) is 11.8 Å². The van der Waals surface area contributed by atoms with Crippen LogP contribution in [0.15, 0.2) is 33.6 Å². The zero-order chi connectivity index (χ0) is 14.7. The highest BCUT2D eigenvalue weighted by molar-refractivity contribution is 9.10. The number of halogens is 1. The molecule has 1 heterocycles. The Morgan fingerprint density at radius 3 is 2.95 bits per heavy atom. The summed E-state index contributed by atoms with van der Waals surface area (Å²) in [4.78, 5) is 25.4. The van der Waals surface area contributed by atoms with E-state index in [1.54, 1.807) is 0 Å². The maximum Gasteiger partial charge on any atom is 0.325 e. The fourth-order valence-electron chi connectivity index (χ4n) is 1.58. The second-order valence-corrected chi connectivity index (χ2v) is 6.19. The predicted octanol–water partition coefficient (Wildman–Crippen LogP) is 3.46. The van der Waals surface area contributed by atoms with Crippen LogP contribution >= 0.6 is 39.9 Å². The van der Waals surface area contributed by atoms with Crippen molar-refractivity contribution in [2.24, 2.45) is 0 Å². The first kappa shape index (κ1) is 15.2. The van der Waals surface area contributed by atoms with Crippen LogP contribution in [0, 0.1) is 0 Å². The summed E-state index contributed by atoms with van der Waals surface area (Å²) in [6.45, 7) is -0.156. The Hall–Kier alpha value is -1.18. The number of hydrogen-bond acceptors (Lipinski definition) is 5. The summed E-state index contributed by atoms with van der Waals surface area (Å²) in [7, 11) is 1.28.